The summed E-state index contributed by atoms with van der Waals surface area (Å²) in [6.45, 7) is 2.67. The SMILES string of the molecule is C[C@@]12CC[C@@H](C[C@H]1C(=O)NCc1ccncc1)[C@]1(C2)NC(=O)c2ccccc2O1. The second-order valence-corrected chi connectivity index (χ2v) is 8.87. The summed E-state index contributed by atoms with van der Waals surface area (Å²) in [6, 6.07) is 11.2. The number of benzene rings is 1. The highest BCUT2D eigenvalue weighted by Gasteiger charge is 2.61. The average Bonchev–Trinajstić information content (AvgIpc) is 2.72. The monoisotopic (exact) mass is 391 g/mol. The number of pyridine rings is 1. The summed E-state index contributed by atoms with van der Waals surface area (Å²) in [5.74, 6) is 0.698. The van der Waals surface area contributed by atoms with Crippen LogP contribution in [0, 0.1) is 17.3 Å². The van der Waals surface area contributed by atoms with Crippen molar-refractivity contribution in [1.82, 2.24) is 15.6 Å². The maximum atomic E-state index is 13.0. The van der Waals surface area contributed by atoms with Crippen LogP contribution in [0.2, 0.25) is 0 Å². The number of nitrogens with one attached hydrogen (secondary N) is 2. The predicted octanol–water partition coefficient (Wildman–Crippen LogP) is 3.04. The Labute approximate surface area is 170 Å². The number of ether oxygens (including phenoxy) is 1. The molecule has 1 aromatic carbocycles. The molecule has 4 atom stereocenters. The molecule has 2 amide bonds. The second-order valence-electron chi connectivity index (χ2n) is 8.87. The number of para-hydroxylation sites is 1. The van der Waals surface area contributed by atoms with Crippen molar-refractivity contribution < 1.29 is 14.3 Å². The molecule has 3 fully saturated rings. The van der Waals surface area contributed by atoms with E-state index >= 15 is 0 Å². The Morgan fingerprint density at radius 1 is 1.28 bits per heavy atom. The number of rotatable bonds is 3. The average molecular weight is 391 g/mol. The van der Waals surface area contributed by atoms with Crippen molar-refractivity contribution in [3.8, 4) is 5.75 Å². The molecule has 0 saturated heterocycles. The summed E-state index contributed by atoms with van der Waals surface area (Å²) < 4.78 is 6.42. The van der Waals surface area contributed by atoms with Gasteiger partial charge in [0.25, 0.3) is 5.91 Å². The van der Waals surface area contributed by atoms with Gasteiger partial charge in [0.05, 0.1) is 5.56 Å². The van der Waals surface area contributed by atoms with E-state index in [1.165, 1.54) is 0 Å². The highest BCUT2D eigenvalue weighted by Crippen LogP contribution is 2.58. The molecule has 6 nitrogen and oxygen atoms in total. The van der Waals surface area contributed by atoms with Gasteiger partial charge in [-0.3, -0.25) is 14.6 Å². The molecule has 1 spiro atoms. The molecule has 2 aromatic rings. The van der Waals surface area contributed by atoms with Gasteiger partial charge in [-0.25, -0.2) is 0 Å². The van der Waals surface area contributed by atoms with Crippen molar-refractivity contribution in [1.29, 1.82) is 0 Å². The standard InChI is InChI=1S/C23H25N3O3/c1-22-9-6-16(12-18(22)21(28)25-13-15-7-10-24-11-8-15)23(14-22)26-20(27)17-4-2-3-5-19(17)29-23/h2-5,7-8,10-11,16,18H,6,9,12-14H2,1H3,(H,25,28)(H,26,27)/t16-,18-,22-,23+/m0/s1. The Hall–Kier alpha value is -2.89. The van der Waals surface area contributed by atoms with Gasteiger partial charge >= 0.3 is 0 Å². The van der Waals surface area contributed by atoms with Crippen molar-refractivity contribution in [3.63, 3.8) is 0 Å². The number of carbonyl (C=O) groups is 2. The maximum Gasteiger partial charge on any atom is 0.258 e. The molecule has 1 aromatic heterocycles. The Bertz CT molecular complexity index is 963. The summed E-state index contributed by atoms with van der Waals surface area (Å²) in [4.78, 5) is 29.8. The molecule has 3 aliphatic carbocycles. The highest BCUT2D eigenvalue weighted by molar-refractivity contribution is 5.98. The van der Waals surface area contributed by atoms with Crippen LogP contribution in [-0.4, -0.2) is 22.5 Å². The van der Waals surface area contributed by atoms with Crippen LogP contribution >= 0.6 is 0 Å². The predicted molar refractivity (Wildman–Crippen MR) is 107 cm³/mol. The Morgan fingerprint density at radius 3 is 2.86 bits per heavy atom. The van der Waals surface area contributed by atoms with E-state index in [9.17, 15) is 9.59 Å². The van der Waals surface area contributed by atoms with E-state index in [4.69, 9.17) is 4.74 Å². The van der Waals surface area contributed by atoms with Crippen molar-refractivity contribution >= 4 is 11.8 Å². The van der Waals surface area contributed by atoms with E-state index in [2.05, 4.69) is 22.5 Å². The molecule has 0 radical (unpaired) electrons. The minimum absolute atomic E-state index is 0.0774. The molecule has 2 bridgehead atoms. The zero-order valence-electron chi connectivity index (χ0n) is 16.5. The number of fused-ring (bicyclic) bond motifs is 3. The van der Waals surface area contributed by atoms with Crippen LogP contribution in [0.3, 0.4) is 0 Å². The van der Waals surface area contributed by atoms with Gasteiger partial charge in [-0.2, -0.15) is 0 Å². The third kappa shape index (κ3) is 2.98. The molecular weight excluding hydrogens is 366 g/mol. The smallest absolute Gasteiger partial charge is 0.258 e. The number of nitrogens with zero attached hydrogens (tertiary/aromatic N) is 1. The minimum Gasteiger partial charge on any atom is -0.467 e. The van der Waals surface area contributed by atoms with Gasteiger partial charge in [-0.15, -0.1) is 0 Å². The lowest BCUT2D eigenvalue weighted by Crippen LogP contribution is -2.69. The third-order valence-corrected chi connectivity index (χ3v) is 7.03. The normalized spacial score (nSPS) is 32.2. The fourth-order valence-electron chi connectivity index (χ4n) is 5.47. The lowest BCUT2D eigenvalue weighted by molar-refractivity contribution is -0.167. The molecule has 6 heteroatoms. The summed E-state index contributed by atoms with van der Waals surface area (Å²) >= 11 is 0. The maximum absolute atomic E-state index is 13.0. The molecule has 0 unspecified atom stereocenters. The van der Waals surface area contributed by atoms with Crippen LogP contribution in [-0.2, 0) is 11.3 Å². The van der Waals surface area contributed by atoms with Crippen LogP contribution in [0.15, 0.2) is 48.8 Å². The van der Waals surface area contributed by atoms with Gasteiger partial charge in [0.1, 0.15) is 5.75 Å². The number of hydrogen-bond acceptors (Lipinski definition) is 4. The molecule has 150 valence electrons. The van der Waals surface area contributed by atoms with Crippen LogP contribution in [0.25, 0.3) is 0 Å². The molecule has 29 heavy (non-hydrogen) atoms. The first kappa shape index (κ1) is 18.2. The number of carbonyl (C=O) groups excluding carboxylic acids is 2. The third-order valence-electron chi connectivity index (χ3n) is 7.03. The lowest BCUT2D eigenvalue weighted by atomic mass is 9.52. The fourth-order valence-corrected chi connectivity index (χ4v) is 5.47. The van der Waals surface area contributed by atoms with E-state index in [-0.39, 0.29) is 29.1 Å². The summed E-state index contributed by atoms with van der Waals surface area (Å²) in [6.07, 6.45) is 6.76. The Kier molecular flexibility index (Phi) is 4.12. The van der Waals surface area contributed by atoms with Crippen molar-refractivity contribution in [2.75, 3.05) is 0 Å². The molecule has 2 heterocycles. The number of amides is 2. The van der Waals surface area contributed by atoms with Gasteiger partial charge in [0, 0.05) is 37.2 Å². The Balaban J connectivity index is 1.35. The Morgan fingerprint density at radius 2 is 2.07 bits per heavy atom. The molecule has 3 saturated carbocycles. The second kappa shape index (κ2) is 6.58. The van der Waals surface area contributed by atoms with Gasteiger partial charge in [-0.1, -0.05) is 19.1 Å². The van der Waals surface area contributed by atoms with Crippen molar-refractivity contribution in [2.45, 2.75) is 44.9 Å². The van der Waals surface area contributed by atoms with Gasteiger partial charge in [-0.05, 0) is 54.5 Å². The van der Waals surface area contributed by atoms with E-state index in [0.29, 0.717) is 24.3 Å². The first-order chi connectivity index (χ1) is 14.0. The fraction of sp³-hybridized carbons (Fsp3) is 0.435. The number of hydrogen-bond donors (Lipinski definition) is 2. The summed E-state index contributed by atoms with van der Waals surface area (Å²) in [5.41, 5.74) is 0.698. The first-order valence-corrected chi connectivity index (χ1v) is 10.3. The van der Waals surface area contributed by atoms with Crippen LogP contribution in [0.4, 0.5) is 0 Å². The summed E-state index contributed by atoms with van der Waals surface area (Å²) in [7, 11) is 0. The number of aromatic nitrogens is 1. The largest absolute Gasteiger partial charge is 0.467 e. The van der Waals surface area contributed by atoms with Crippen LogP contribution in [0.5, 0.6) is 5.75 Å². The van der Waals surface area contributed by atoms with Gasteiger partial charge < -0.3 is 15.4 Å². The first-order valence-electron chi connectivity index (χ1n) is 10.3. The highest BCUT2D eigenvalue weighted by atomic mass is 16.5. The van der Waals surface area contributed by atoms with E-state index in [0.717, 1.165) is 24.8 Å². The summed E-state index contributed by atoms with van der Waals surface area (Å²) in [5, 5.41) is 6.26. The van der Waals surface area contributed by atoms with Gasteiger partial charge in [0.15, 0.2) is 5.72 Å². The minimum atomic E-state index is -0.708. The van der Waals surface area contributed by atoms with E-state index in [1.807, 2.05) is 30.3 Å². The zero-order valence-corrected chi connectivity index (χ0v) is 16.5. The molecule has 6 rings (SSSR count). The molecule has 4 aliphatic rings. The van der Waals surface area contributed by atoms with Crippen molar-refractivity contribution in [2.24, 2.45) is 17.3 Å². The quantitative estimate of drug-likeness (QED) is 0.843. The molecule has 1 aliphatic heterocycles. The zero-order chi connectivity index (χ0) is 20.1. The topological polar surface area (TPSA) is 80.3 Å². The van der Waals surface area contributed by atoms with Crippen molar-refractivity contribution in [3.05, 3.63) is 59.9 Å². The lowest BCUT2D eigenvalue weighted by Gasteiger charge is -2.59. The van der Waals surface area contributed by atoms with Crippen LogP contribution < -0.4 is 15.4 Å². The molecule has 2 N–H and O–H groups in total. The van der Waals surface area contributed by atoms with Gasteiger partial charge in [0.2, 0.25) is 5.91 Å². The molecular formula is C23H25N3O3. The van der Waals surface area contributed by atoms with E-state index < -0.39 is 5.72 Å². The van der Waals surface area contributed by atoms with Crippen LogP contribution in [0.1, 0.15) is 48.5 Å². The van der Waals surface area contributed by atoms with E-state index in [1.54, 1.807) is 18.5 Å².